The highest BCUT2D eigenvalue weighted by molar-refractivity contribution is 5.45. The van der Waals surface area contributed by atoms with Crippen molar-refractivity contribution < 1.29 is 4.74 Å². The lowest BCUT2D eigenvalue weighted by molar-refractivity contribution is 0.120. The molecule has 18 heavy (non-hydrogen) atoms. The quantitative estimate of drug-likeness (QED) is 0.857. The van der Waals surface area contributed by atoms with Crippen LogP contribution in [0.1, 0.15) is 39.4 Å². The first-order valence-electron chi connectivity index (χ1n) is 6.45. The summed E-state index contributed by atoms with van der Waals surface area (Å²) in [6.45, 7) is 7.87. The van der Waals surface area contributed by atoms with Crippen molar-refractivity contribution in [3.63, 3.8) is 0 Å². The molecular weight excluding hydrogens is 228 g/mol. The molecule has 1 aliphatic rings. The molecule has 2 rings (SSSR count). The van der Waals surface area contributed by atoms with Crippen molar-refractivity contribution in [3.8, 4) is 0 Å². The van der Waals surface area contributed by atoms with Gasteiger partial charge in [-0.2, -0.15) is 0 Å². The Morgan fingerprint density at radius 3 is 2.83 bits per heavy atom. The van der Waals surface area contributed by atoms with Crippen molar-refractivity contribution in [2.45, 2.75) is 45.1 Å². The van der Waals surface area contributed by atoms with Crippen molar-refractivity contribution in [3.05, 3.63) is 11.9 Å². The molecule has 1 fully saturated rings. The standard InChI is InChI=1S/C13H22N4O/c1-13(2,3)12-16-10(14)7-11(17-12)15-8-9-5-4-6-18-9/h7,9H,4-6,8H2,1-3H3,(H3,14,15,16,17). The first-order chi connectivity index (χ1) is 8.45. The maximum atomic E-state index is 5.82. The predicted molar refractivity (Wildman–Crippen MR) is 72.6 cm³/mol. The molecule has 100 valence electrons. The summed E-state index contributed by atoms with van der Waals surface area (Å²) in [5, 5.41) is 3.28. The van der Waals surface area contributed by atoms with E-state index in [-0.39, 0.29) is 5.41 Å². The fourth-order valence-electron chi connectivity index (χ4n) is 1.92. The summed E-state index contributed by atoms with van der Waals surface area (Å²) in [4.78, 5) is 8.79. The normalized spacial score (nSPS) is 20.1. The van der Waals surface area contributed by atoms with Gasteiger partial charge in [-0.1, -0.05) is 20.8 Å². The molecule has 0 bridgehead atoms. The van der Waals surface area contributed by atoms with Crippen molar-refractivity contribution >= 4 is 11.6 Å². The summed E-state index contributed by atoms with van der Waals surface area (Å²) in [6.07, 6.45) is 2.55. The first-order valence-corrected chi connectivity index (χ1v) is 6.45. The van der Waals surface area contributed by atoms with Gasteiger partial charge in [-0.25, -0.2) is 9.97 Å². The average Bonchev–Trinajstić information content (AvgIpc) is 2.77. The van der Waals surface area contributed by atoms with E-state index in [1.165, 1.54) is 0 Å². The zero-order valence-electron chi connectivity index (χ0n) is 11.4. The Morgan fingerprint density at radius 1 is 1.44 bits per heavy atom. The Bertz CT molecular complexity index is 408. The largest absolute Gasteiger partial charge is 0.384 e. The fraction of sp³-hybridized carbons (Fsp3) is 0.692. The lowest BCUT2D eigenvalue weighted by Crippen LogP contribution is -2.22. The Kier molecular flexibility index (Phi) is 3.71. The molecule has 1 saturated heterocycles. The molecule has 0 spiro atoms. The number of nitrogens with two attached hydrogens (primary N) is 1. The number of hydrogen-bond acceptors (Lipinski definition) is 5. The highest BCUT2D eigenvalue weighted by Crippen LogP contribution is 2.21. The molecule has 1 unspecified atom stereocenters. The Morgan fingerprint density at radius 2 is 2.22 bits per heavy atom. The molecule has 1 aliphatic heterocycles. The smallest absolute Gasteiger partial charge is 0.138 e. The lowest BCUT2D eigenvalue weighted by Gasteiger charge is -2.18. The van der Waals surface area contributed by atoms with Crippen molar-refractivity contribution in [1.82, 2.24) is 9.97 Å². The highest BCUT2D eigenvalue weighted by Gasteiger charge is 2.19. The number of nitrogens with zero attached hydrogens (tertiary/aromatic N) is 2. The summed E-state index contributed by atoms with van der Waals surface area (Å²) in [5.41, 5.74) is 5.72. The van der Waals surface area contributed by atoms with E-state index in [4.69, 9.17) is 10.5 Å². The highest BCUT2D eigenvalue weighted by atomic mass is 16.5. The number of aromatic nitrogens is 2. The van der Waals surface area contributed by atoms with Crippen LogP contribution in [-0.4, -0.2) is 29.2 Å². The van der Waals surface area contributed by atoms with Gasteiger partial charge >= 0.3 is 0 Å². The zero-order chi connectivity index (χ0) is 13.2. The van der Waals surface area contributed by atoms with Gasteiger partial charge in [0.25, 0.3) is 0 Å². The number of hydrogen-bond donors (Lipinski definition) is 2. The van der Waals surface area contributed by atoms with Gasteiger partial charge in [-0.15, -0.1) is 0 Å². The van der Waals surface area contributed by atoms with Crippen LogP contribution in [0.25, 0.3) is 0 Å². The number of nitrogen functional groups attached to an aromatic ring is 1. The lowest BCUT2D eigenvalue weighted by atomic mass is 9.96. The minimum Gasteiger partial charge on any atom is -0.384 e. The average molecular weight is 250 g/mol. The van der Waals surface area contributed by atoms with Gasteiger partial charge in [-0.3, -0.25) is 0 Å². The summed E-state index contributed by atoms with van der Waals surface area (Å²) >= 11 is 0. The summed E-state index contributed by atoms with van der Waals surface area (Å²) < 4.78 is 5.57. The Balaban J connectivity index is 2.05. The number of ether oxygens (including phenoxy) is 1. The van der Waals surface area contributed by atoms with Crippen LogP contribution < -0.4 is 11.1 Å². The Labute approximate surface area is 108 Å². The second kappa shape index (κ2) is 5.10. The van der Waals surface area contributed by atoms with E-state index >= 15 is 0 Å². The van der Waals surface area contributed by atoms with Crippen LogP contribution in [-0.2, 0) is 10.2 Å². The molecule has 0 amide bonds. The molecule has 2 heterocycles. The van der Waals surface area contributed by atoms with E-state index in [9.17, 15) is 0 Å². The maximum Gasteiger partial charge on any atom is 0.138 e. The third-order valence-electron chi connectivity index (χ3n) is 2.95. The summed E-state index contributed by atoms with van der Waals surface area (Å²) in [6, 6.07) is 1.77. The molecule has 5 nitrogen and oxygen atoms in total. The minimum atomic E-state index is -0.102. The SMILES string of the molecule is CC(C)(C)c1nc(N)cc(NCC2CCCO2)n1. The number of nitrogens with one attached hydrogen (secondary N) is 1. The molecular formula is C13H22N4O. The van der Waals surface area contributed by atoms with E-state index in [2.05, 4.69) is 36.1 Å². The van der Waals surface area contributed by atoms with Crippen LogP contribution in [0.3, 0.4) is 0 Å². The summed E-state index contributed by atoms with van der Waals surface area (Å²) in [5.74, 6) is 2.05. The van der Waals surface area contributed by atoms with Gasteiger partial charge in [-0.05, 0) is 12.8 Å². The van der Waals surface area contributed by atoms with Gasteiger partial charge in [0.15, 0.2) is 0 Å². The molecule has 0 aliphatic carbocycles. The van der Waals surface area contributed by atoms with Crippen LogP contribution >= 0.6 is 0 Å². The molecule has 3 N–H and O–H groups in total. The van der Waals surface area contributed by atoms with Gasteiger partial charge in [0.1, 0.15) is 17.5 Å². The van der Waals surface area contributed by atoms with Gasteiger partial charge in [0, 0.05) is 24.6 Å². The van der Waals surface area contributed by atoms with Crippen LogP contribution in [0.15, 0.2) is 6.07 Å². The van der Waals surface area contributed by atoms with E-state index in [1.54, 1.807) is 6.07 Å². The zero-order valence-corrected chi connectivity index (χ0v) is 11.4. The van der Waals surface area contributed by atoms with E-state index in [1.807, 2.05) is 0 Å². The monoisotopic (exact) mass is 250 g/mol. The van der Waals surface area contributed by atoms with Crippen LogP contribution in [0.5, 0.6) is 0 Å². The first kappa shape index (κ1) is 13.1. The molecule has 1 aromatic rings. The van der Waals surface area contributed by atoms with Gasteiger partial charge in [0.2, 0.25) is 0 Å². The van der Waals surface area contributed by atoms with Crippen LogP contribution in [0, 0.1) is 0 Å². The number of anilines is 2. The molecule has 0 saturated carbocycles. The van der Waals surface area contributed by atoms with Crippen molar-refractivity contribution in [2.24, 2.45) is 0 Å². The molecule has 5 heteroatoms. The third kappa shape index (κ3) is 3.32. The minimum absolute atomic E-state index is 0.102. The predicted octanol–water partition coefficient (Wildman–Crippen LogP) is 1.95. The fourth-order valence-corrected chi connectivity index (χ4v) is 1.92. The molecule has 1 aromatic heterocycles. The van der Waals surface area contributed by atoms with Crippen LogP contribution in [0.4, 0.5) is 11.6 Å². The van der Waals surface area contributed by atoms with Crippen LogP contribution in [0.2, 0.25) is 0 Å². The van der Waals surface area contributed by atoms with E-state index < -0.39 is 0 Å². The van der Waals surface area contributed by atoms with Gasteiger partial charge in [0.05, 0.1) is 6.10 Å². The second-order valence-electron chi connectivity index (χ2n) is 5.77. The summed E-state index contributed by atoms with van der Waals surface area (Å²) in [7, 11) is 0. The van der Waals surface area contributed by atoms with Crippen molar-refractivity contribution in [2.75, 3.05) is 24.2 Å². The molecule has 1 atom stereocenters. The molecule has 0 radical (unpaired) electrons. The van der Waals surface area contributed by atoms with Crippen molar-refractivity contribution in [1.29, 1.82) is 0 Å². The number of rotatable bonds is 3. The maximum absolute atomic E-state index is 5.82. The second-order valence-corrected chi connectivity index (χ2v) is 5.77. The Hall–Kier alpha value is -1.36. The van der Waals surface area contributed by atoms with E-state index in [0.29, 0.717) is 11.9 Å². The van der Waals surface area contributed by atoms with E-state index in [0.717, 1.165) is 37.6 Å². The third-order valence-corrected chi connectivity index (χ3v) is 2.95. The molecule has 0 aromatic carbocycles. The topological polar surface area (TPSA) is 73.1 Å². The van der Waals surface area contributed by atoms with Gasteiger partial charge < -0.3 is 15.8 Å².